The van der Waals surface area contributed by atoms with E-state index in [1.807, 2.05) is 0 Å². The van der Waals surface area contributed by atoms with E-state index in [1.54, 1.807) is 13.8 Å². The fourth-order valence-electron chi connectivity index (χ4n) is 5.14. The largest absolute Gasteiger partial charge is 2.00 e. The van der Waals surface area contributed by atoms with E-state index < -0.39 is 17.9 Å². The van der Waals surface area contributed by atoms with Crippen molar-refractivity contribution in [3.63, 3.8) is 0 Å². The van der Waals surface area contributed by atoms with Crippen LogP contribution in [0.15, 0.2) is 72.8 Å². The molecule has 2 amide bonds. The molecule has 2 aliphatic heterocycles. The van der Waals surface area contributed by atoms with E-state index in [0.717, 1.165) is 0 Å². The molecule has 2 N–H and O–H groups in total. The van der Waals surface area contributed by atoms with Crippen LogP contribution in [-0.4, -0.2) is 55.9 Å². The van der Waals surface area contributed by atoms with Crippen molar-refractivity contribution < 1.29 is 35.8 Å². The van der Waals surface area contributed by atoms with Gasteiger partial charge in [-0.15, -0.1) is 82.2 Å². The fourth-order valence-corrected chi connectivity index (χ4v) is 6.82. The first-order chi connectivity index (χ1) is 19.1. The van der Waals surface area contributed by atoms with E-state index >= 15 is 0 Å². The molecule has 2 fully saturated rings. The molecule has 1 radical (unpaired) electrons. The molecule has 6 rings (SSSR count). The molecule has 4 aromatic carbocycles. The van der Waals surface area contributed by atoms with E-state index in [1.165, 1.54) is 84.8 Å². The third-order valence-corrected chi connectivity index (χ3v) is 9.27. The Kier molecular flexibility index (Phi) is 13.6. The quantitative estimate of drug-likeness (QED) is 0.198. The molecule has 6 nitrogen and oxygen atoms in total. The summed E-state index contributed by atoms with van der Waals surface area (Å²) in [5.41, 5.74) is 2.86. The van der Waals surface area contributed by atoms with Gasteiger partial charge in [0.2, 0.25) is 0 Å². The zero-order chi connectivity index (χ0) is 27.5. The predicted molar refractivity (Wildman–Crippen MR) is 165 cm³/mol. The molecule has 0 atom stereocenters. The van der Waals surface area contributed by atoms with Crippen molar-refractivity contribution in [3.05, 3.63) is 72.8 Å². The third-order valence-electron chi connectivity index (χ3n) is 7.32. The maximum absolute atomic E-state index is 10.7. The molecule has 0 aliphatic carbocycles. The maximum Gasteiger partial charge on any atom is 2.00 e. The molecule has 2 saturated heterocycles. The predicted octanol–water partition coefficient (Wildman–Crippen LogP) is 5.89. The summed E-state index contributed by atoms with van der Waals surface area (Å²) in [7, 11) is 0. The summed E-state index contributed by atoms with van der Waals surface area (Å²) < 4.78 is 5.37. The topological polar surface area (TPSA) is 64.7 Å². The summed E-state index contributed by atoms with van der Waals surface area (Å²) in [5.74, 6) is 0.0304. The van der Waals surface area contributed by atoms with Crippen LogP contribution < -0.4 is 17.8 Å². The Morgan fingerprint density at radius 1 is 0.700 bits per heavy atom. The van der Waals surface area contributed by atoms with Gasteiger partial charge in [-0.1, -0.05) is 23.5 Å². The zero-order valence-electron chi connectivity index (χ0n) is 23.8. The average molecular weight is 674 g/mol. The Labute approximate surface area is 266 Å². The standard InChI is InChI=1S/2C13H14N.2C3H7NO.Ga.Zr/c2*1-2-6-12-11(5-1)7-8-13(12)14-9-3-4-10-14;2*1-2-3(4)5;;/h2*1-2,5-8H,3-4,9-10H2;2*2H2,1H3,(H2,4,5);;/q2*-1;;;2*+2/p-2. The van der Waals surface area contributed by atoms with Gasteiger partial charge in [-0.05, 0) is 25.7 Å². The summed E-state index contributed by atoms with van der Waals surface area (Å²) >= 11 is -1.05. The Bertz CT molecular complexity index is 1240. The van der Waals surface area contributed by atoms with Crippen LogP contribution in [0.4, 0.5) is 11.4 Å². The monoisotopic (exact) mass is 671 g/mol. The molecular weight excluding hydrogens is 633 g/mol. The summed E-state index contributed by atoms with van der Waals surface area (Å²) in [6, 6.07) is 26.3. The van der Waals surface area contributed by atoms with E-state index in [4.69, 9.17) is 0 Å². The van der Waals surface area contributed by atoms with Gasteiger partial charge in [0.25, 0.3) is 0 Å². The number of nitrogens with zero attached hydrogens (tertiary/aromatic N) is 2. The molecule has 2 heterocycles. The zero-order valence-corrected chi connectivity index (χ0v) is 28.7. The second-order valence-corrected chi connectivity index (χ2v) is 11.8. The van der Waals surface area contributed by atoms with Gasteiger partial charge in [-0.2, -0.15) is 0 Å². The molecule has 0 unspecified atom stereocenters. The van der Waals surface area contributed by atoms with E-state index in [-0.39, 0.29) is 38.0 Å². The molecule has 4 aromatic rings. The van der Waals surface area contributed by atoms with Crippen LogP contribution in [0.3, 0.4) is 0 Å². The molecule has 207 valence electrons. The minimum atomic E-state index is -1.05. The van der Waals surface area contributed by atoms with Crippen molar-refractivity contribution in [1.29, 1.82) is 0 Å². The minimum absolute atomic E-state index is 0. The van der Waals surface area contributed by atoms with E-state index in [0.29, 0.717) is 12.8 Å². The normalized spacial score (nSPS) is 14.1. The van der Waals surface area contributed by atoms with Crippen LogP contribution in [0.1, 0.15) is 52.4 Å². The SMILES string of the molecule is CCC(=O)[NH][Ga][NH]C(=O)CC.[Zr+2].c1ccc2c(N3CCCC3)c[cH-]c2c1.c1ccc2c(N3CCCC3)c[cH-]c2c1. The summed E-state index contributed by atoms with van der Waals surface area (Å²) in [5, 5.41) is 5.56. The Balaban J connectivity index is 0.000000165. The number of hydrogen-bond acceptors (Lipinski definition) is 4. The van der Waals surface area contributed by atoms with Gasteiger partial charge in [-0.25, -0.2) is 0 Å². The van der Waals surface area contributed by atoms with E-state index in [9.17, 15) is 9.59 Å². The van der Waals surface area contributed by atoms with Crippen molar-refractivity contribution in [2.75, 3.05) is 36.0 Å². The molecule has 8 heteroatoms. The number of benzene rings is 2. The molecular formula is C32H40GaN4O2Zr. The van der Waals surface area contributed by atoms with Crippen molar-refractivity contribution in [2.45, 2.75) is 52.4 Å². The summed E-state index contributed by atoms with van der Waals surface area (Å²) in [6.45, 7) is 8.49. The maximum atomic E-state index is 10.7. The second-order valence-electron chi connectivity index (χ2n) is 9.99. The number of carbonyl (C=O) groups is 2. The number of rotatable bonds is 6. The second kappa shape index (κ2) is 16.9. The Morgan fingerprint density at radius 2 is 1.07 bits per heavy atom. The smallest absolute Gasteiger partial charge is 0.417 e. The Morgan fingerprint density at radius 3 is 1.45 bits per heavy atom. The van der Waals surface area contributed by atoms with Crippen LogP contribution in [0.2, 0.25) is 0 Å². The van der Waals surface area contributed by atoms with Gasteiger partial charge in [0.1, 0.15) is 0 Å². The molecule has 0 bridgehead atoms. The average Bonchev–Trinajstić information content (AvgIpc) is 3.79. The molecule has 0 aromatic heterocycles. The molecule has 40 heavy (non-hydrogen) atoms. The van der Waals surface area contributed by atoms with Gasteiger partial charge < -0.3 is 9.80 Å². The number of fused-ring (bicyclic) bond motifs is 2. The van der Waals surface area contributed by atoms with Crippen LogP contribution in [0, 0.1) is 0 Å². The van der Waals surface area contributed by atoms with Crippen molar-refractivity contribution in [1.82, 2.24) is 8.05 Å². The van der Waals surface area contributed by atoms with Gasteiger partial charge in [0, 0.05) is 26.2 Å². The number of nitrogens with one attached hydrogen (secondary N) is 2. The van der Waals surface area contributed by atoms with Crippen molar-refractivity contribution >= 4 is 62.6 Å². The van der Waals surface area contributed by atoms with Crippen LogP contribution in [-0.2, 0) is 35.8 Å². The number of amides is 2. The third kappa shape index (κ3) is 8.86. The van der Waals surface area contributed by atoms with Crippen LogP contribution >= 0.6 is 0 Å². The van der Waals surface area contributed by atoms with Gasteiger partial charge in [0.05, 0.1) is 0 Å². The molecule has 0 saturated carbocycles. The fraction of sp³-hybridized carbons (Fsp3) is 0.375. The minimum Gasteiger partial charge on any atom is -0.417 e. The van der Waals surface area contributed by atoms with Crippen molar-refractivity contribution in [3.8, 4) is 0 Å². The summed E-state index contributed by atoms with van der Waals surface area (Å²) in [6.07, 6.45) is 6.36. The molecule has 0 spiro atoms. The van der Waals surface area contributed by atoms with Gasteiger partial charge in [-0.3, -0.25) is 0 Å². The summed E-state index contributed by atoms with van der Waals surface area (Å²) in [4.78, 5) is 26.3. The van der Waals surface area contributed by atoms with Gasteiger partial charge >= 0.3 is 100 Å². The number of carbonyl (C=O) groups excluding carboxylic acids is 2. The van der Waals surface area contributed by atoms with E-state index in [2.05, 4.69) is 90.6 Å². The number of anilines is 2. The Hall–Kier alpha value is -2.28. The first-order valence-electron chi connectivity index (χ1n) is 14.3. The van der Waals surface area contributed by atoms with Crippen LogP contribution in [0.5, 0.6) is 0 Å². The first kappa shape index (κ1) is 32.2. The number of hydrogen-bond donors (Lipinski definition) is 2. The van der Waals surface area contributed by atoms with Crippen molar-refractivity contribution in [2.24, 2.45) is 0 Å². The first-order valence-corrected chi connectivity index (χ1v) is 16.7. The van der Waals surface area contributed by atoms with Gasteiger partial charge in [0.15, 0.2) is 0 Å². The molecule has 2 aliphatic rings. The van der Waals surface area contributed by atoms with Crippen LogP contribution in [0.25, 0.3) is 21.5 Å².